The van der Waals surface area contributed by atoms with Gasteiger partial charge in [0.05, 0.1) is 24.7 Å². The molecule has 0 radical (unpaired) electrons. The molecule has 0 fully saturated rings. The molecule has 3 aromatic carbocycles. The van der Waals surface area contributed by atoms with Gasteiger partial charge in [0, 0.05) is 23.9 Å². The Labute approximate surface area is 216 Å². The summed E-state index contributed by atoms with van der Waals surface area (Å²) >= 11 is 0. The quantitative estimate of drug-likeness (QED) is 0.415. The number of hydrogen-bond acceptors (Lipinski definition) is 6. The predicted octanol–water partition coefficient (Wildman–Crippen LogP) is 4.55. The first-order valence-electron chi connectivity index (χ1n) is 12.1. The average molecular weight is 520 g/mol. The van der Waals surface area contributed by atoms with Gasteiger partial charge in [0.2, 0.25) is 0 Å². The molecular formula is C28H29N3O5S. The van der Waals surface area contributed by atoms with E-state index in [1.807, 2.05) is 38.1 Å². The Kier molecular flexibility index (Phi) is 6.41. The van der Waals surface area contributed by atoms with Crippen molar-refractivity contribution in [2.75, 3.05) is 26.5 Å². The fourth-order valence-electron chi connectivity index (χ4n) is 4.78. The number of nitrogens with zero attached hydrogens (tertiary/aromatic N) is 2. The van der Waals surface area contributed by atoms with Crippen molar-refractivity contribution in [1.29, 1.82) is 0 Å². The summed E-state index contributed by atoms with van der Waals surface area (Å²) < 4.78 is 35.9. The van der Waals surface area contributed by atoms with Crippen LogP contribution in [0.3, 0.4) is 0 Å². The summed E-state index contributed by atoms with van der Waals surface area (Å²) in [6, 6.07) is 15.2. The second-order valence-corrected chi connectivity index (χ2v) is 11.2. The number of aromatic nitrogens is 2. The van der Waals surface area contributed by atoms with Crippen LogP contribution in [0.4, 0.5) is 0 Å². The van der Waals surface area contributed by atoms with Gasteiger partial charge in [-0.05, 0) is 66.4 Å². The van der Waals surface area contributed by atoms with Gasteiger partial charge in [-0.2, -0.15) is 0 Å². The molecule has 8 nitrogen and oxygen atoms in total. The second kappa shape index (κ2) is 9.55. The number of sulfone groups is 1. The molecule has 1 N–H and O–H groups in total. The largest absolute Gasteiger partial charge is 0.495 e. The summed E-state index contributed by atoms with van der Waals surface area (Å²) in [4.78, 5) is 23.3. The third-order valence-corrected chi connectivity index (χ3v) is 7.78. The van der Waals surface area contributed by atoms with Gasteiger partial charge in [-0.1, -0.05) is 19.1 Å². The third kappa shape index (κ3) is 4.79. The van der Waals surface area contributed by atoms with Crippen molar-refractivity contribution in [2.45, 2.75) is 31.7 Å². The molecule has 0 unspecified atom stereocenters. The van der Waals surface area contributed by atoms with Crippen LogP contribution in [0.2, 0.25) is 0 Å². The molecule has 9 heteroatoms. The average Bonchev–Trinajstić information content (AvgIpc) is 3.12. The molecule has 0 bridgehead atoms. The molecule has 0 saturated carbocycles. The number of nitrogens with one attached hydrogen (secondary N) is 1. The lowest BCUT2D eigenvalue weighted by molar-refractivity contribution is 0.0731. The molecule has 0 spiro atoms. The maximum atomic E-state index is 13.7. The number of aryl methyl sites for hydroxylation is 2. The van der Waals surface area contributed by atoms with Gasteiger partial charge in [0.25, 0.3) is 5.91 Å². The van der Waals surface area contributed by atoms with Crippen molar-refractivity contribution in [2.24, 2.45) is 0 Å². The number of benzene rings is 3. The number of aromatic amines is 1. The number of amides is 1. The second-order valence-electron chi connectivity index (χ2n) is 9.24. The van der Waals surface area contributed by atoms with E-state index in [1.165, 1.54) is 7.11 Å². The van der Waals surface area contributed by atoms with E-state index in [1.54, 1.807) is 17.0 Å². The van der Waals surface area contributed by atoms with E-state index in [0.717, 1.165) is 45.6 Å². The van der Waals surface area contributed by atoms with Gasteiger partial charge in [-0.25, -0.2) is 13.4 Å². The highest BCUT2D eigenvalue weighted by molar-refractivity contribution is 7.90. The van der Waals surface area contributed by atoms with Gasteiger partial charge in [-0.3, -0.25) is 4.79 Å². The summed E-state index contributed by atoms with van der Waals surface area (Å²) in [7, 11) is -2.10. The molecule has 1 aliphatic heterocycles. The lowest BCUT2D eigenvalue weighted by Crippen LogP contribution is -2.33. The number of rotatable bonds is 5. The molecule has 1 aromatic heterocycles. The minimum absolute atomic E-state index is 0.0852. The van der Waals surface area contributed by atoms with Crippen LogP contribution in [0.1, 0.15) is 34.2 Å². The Morgan fingerprint density at radius 3 is 2.62 bits per heavy atom. The molecule has 2 heterocycles. The lowest BCUT2D eigenvalue weighted by Gasteiger charge is -2.22. The Bertz CT molecular complexity index is 1620. The maximum absolute atomic E-state index is 13.7. The zero-order chi connectivity index (χ0) is 26.3. The first-order valence-corrected chi connectivity index (χ1v) is 14.0. The van der Waals surface area contributed by atoms with Crippen molar-refractivity contribution in [3.8, 4) is 22.6 Å². The predicted molar refractivity (Wildman–Crippen MR) is 142 cm³/mol. The highest BCUT2D eigenvalue weighted by Crippen LogP contribution is 2.33. The van der Waals surface area contributed by atoms with Crippen molar-refractivity contribution in [1.82, 2.24) is 14.9 Å². The maximum Gasteiger partial charge on any atom is 0.254 e. The first-order chi connectivity index (χ1) is 17.7. The minimum atomic E-state index is -3.51. The molecule has 0 aliphatic carbocycles. The Balaban J connectivity index is 1.49. The zero-order valence-corrected chi connectivity index (χ0v) is 22.1. The Morgan fingerprint density at radius 1 is 1.14 bits per heavy atom. The molecule has 0 saturated heterocycles. The smallest absolute Gasteiger partial charge is 0.254 e. The fourth-order valence-corrected chi connectivity index (χ4v) is 5.64. The summed E-state index contributed by atoms with van der Waals surface area (Å²) in [6.07, 6.45) is 1.64. The monoisotopic (exact) mass is 519 g/mol. The van der Waals surface area contributed by atoms with Crippen LogP contribution in [0.25, 0.3) is 22.2 Å². The number of H-pyrrole nitrogens is 1. The van der Waals surface area contributed by atoms with Crippen molar-refractivity contribution in [3.05, 3.63) is 71.0 Å². The molecule has 1 amide bonds. The van der Waals surface area contributed by atoms with Crippen LogP contribution in [0.5, 0.6) is 11.5 Å². The molecular weight excluding hydrogens is 490 g/mol. The minimum Gasteiger partial charge on any atom is -0.495 e. The normalized spacial score (nSPS) is 13.7. The molecule has 0 atom stereocenters. The van der Waals surface area contributed by atoms with E-state index < -0.39 is 9.84 Å². The van der Waals surface area contributed by atoms with Crippen LogP contribution in [0, 0.1) is 6.92 Å². The van der Waals surface area contributed by atoms with Crippen molar-refractivity contribution in [3.63, 3.8) is 0 Å². The van der Waals surface area contributed by atoms with E-state index in [-0.39, 0.29) is 16.6 Å². The number of ether oxygens (including phenoxy) is 2. The summed E-state index contributed by atoms with van der Waals surface area (Å²) in [5, 5.41) is 0. The van der Waals surface area contributed by atoms with Crippen LogP contribution in [-0.2, 0) is 22.8 Å². The van der Waals surface area contributed by atoms with Crippen molar-refractivity contribution >= 4 is 26.8 Å². The van der Waals surface area contributed by atoms with E-state index in [9.17, 15) is 13.2 Å². The summed E-state index contributed by atoms with van der Waals surface area (Å²) in [5.41, 5.74) is 5.94. The first kappa shape index (κ1) is 24.8. The Hall–Kier alpha value is -3.85. The van der Waals surface area contributed by atoms with Gasteiger partial charge in [0.15, 0.2) is 9.84 Å². The van der Waals surface area contributed by atoms with Crippen LogP contribution >= 0.6 is 0 Å². The van der Waals surface area contributed by atoms with Crippen LogP contribution < -0.4 is 9.47 Å². The summed E-state index contributed by atoms with van der Waals surface area (Å²) in [5.74, 6) is 1.59. The lowest BCUT2D eigenvalue weighted by atomic mass is 10.0. The van der Waals surface area contributed by atoms with Gasteiger partial charge >= 0.3 is 0 Å². The third-order valence-electron chi connectivity index (χ3n) is 6.66. The molecule has 37 heavy (non-hydrogen) atoms. The Morgan fingerprint density at radius 2 is 1.89 bits per heavy atom. The van der Waals surface area contributed by atoms with E-state index in [4.69, 9.17) is 9.47 Å². The van der Waals surface area contributed by atoms with Gasteiger partial charge in [-0.15, -0.1) is 0 Å². The SMILES string of the molecule is CCc1cc(S(C)(=O)=O)c(OC)cc1C(=O)N1CCOc2ccc(-c3ccc4nc(C)[nH]c4c3)cc2C1. The topological polar surface area (TPSA) is 102 Å². The number of carbonyl (C=O) groups is 1. The van der Waals surface area contributed by atoms with E-state index >= 15 is 0 Å². The zero-order valence-electron chi connectivity index (χ0n) is 21.3. The molecule has 5 rings (SSSR count). The van der Waals surface area contributed by atoms with E-state index in [0.29, 0.717) is 37.2 Å². The highest BCUT2D eigenvalue weighted by atomic mass is 32.2. The summed E-state index contributed by atoms with van der Waals surface area (Å²) in [6.45, 7) is 4.96. The van der Waals surface area contributed by atoms with Crippen molar-refractivity contribution < 1.29 is 22.7 Å². The molecule has 4 aromatic rings. The van der Waals surface area contributed by atoms with Gasteiger partial charge < -0.3 is 19.4 Å². The van der Waals surface area contributed by atoms with E-state index in [2.05, 4.69) is 22.1 Å². The van der Waals surface area contributed by atoms with Crippen LogP contribution in [0.15, 0.2) is 53.4 Å². The highest BCUT2D eigenvalue weighted by Gasteiger charge is 2.26. The number of methoxy groups -OCH3 is 1. The molecule has 192 valence electrons. The number of imidazole rings is 1. The fraction of sp³-hybridized carbons (Fsp3) is 0.286. The number of carbonyl (C=O) groups excluding carboxylic acids is 1. The molecule has 1 aliphatic rings. The van der Waals surface area contributed by atoms with Crippen LogP contribution in [-0.4, -0.2) is 55.7 Å². The van der Waals surface area contributed by atoms with Gasteiger partial charge in [0.1, 0.15) is 28.8 Å². The number of fused-ring (bicyclic) bond motifs is 2. The standard InChI is InChI=1S/C28H29N3O5S/c1-5-18-14-27(37(4,33)34)26(35-3)15-22(18)28(32)31-10-11-36-25-9-7-19(12-21(25)16-31)20-6-8-23-24(13-20)30-17(2)29-23/h6-9,12-15H,5,10-11,16H2,1-4H3,(H,29,30). The number of hydrogen-bond donors (Lipinski definition) is 1.